The van der Waals surface area contributed by atoms with Gasteiger partial charge in [0.1, 0.15) is 0 Å². The van der Waals surface area contributed by atoms with Crippen LogP contribution in [0.2, 0.25) is 0 Å². The molecule has 2 rings (SSSR count). The van der Waals surface area contributed by atoms with Crippen molar-refractivity contribution < 1.29 is 9.47 Å². The smallest absolute Gasteiger partial charge is 0.169 e. The Hall–Kier alpha value is -0.720. The van der Waals surface area contributed by atoms with Gasteiger partial charge in [-0.1, -0.05) is 12.1 Å². The molecule has 2 heterocycles. The van der Waals surface area contributed by atoms with Gasteiger partial charge in [0.15, 0.2) is 6.29 Å². The van der Waals surface area contributed by atoms with Crippen LogP contribution in [-0.4, -0.2) is 26.0 Å². The Labute approximate surface area is 134 Å². The number of nitrogens with one attached hydrogen (secondary N) is 1. The Morgan fingerprint density at radius 2 is 1.76 bits per heavy atom. The molecule has 0 aliphatic carbocycles. The molecule has 1 unspecified atom stereocenters. The van der Waals surface area contributed by atoms with Crippen LogP contribution in [0.5, 0.6) is 0 Å². The Kier molecular flexibility index (Phi) is 7.39. The third-order valence-electron chi connectivity index (χ3n) is 3.11. The van der Waals surface area contributed by atoms with Gasteiger partial charge in [-0.05, 0) is 36.7 Å². The number of rotatable bonds is 10. The molecule has 2 aromatic heterocycles. The van der Waals surface area contributed by atoms with Crippen LogP contribution < -0.4 is 5.32 Å². The minimum absolute atomic E-state index is 0.175. The maximum absolute atomic E-state index is 5.61. The van der Waals surface area contributed by atoms with E-state index in [9.17, 15) is 0 Å². The molecule has 3 nitrogen and oxygen atoms in total. The molecule has 5 heteroatoms. The molecule has 0 saturated heterocycles. The van der Waals surface area contributed by atoms with Crippen molar-refractivity contribution in [3.8, 4) is 0 Å². The van der Waals surface area contributed by atoms with Gasteiger partial charge in [0.25, 0.3) is 0 Å². The lowest BCUT2D eigenvalue weighted by molar-refractivity contribution is -0.133. The van der Waals surface area contributed by atoms with E-state index in [0.29, 0.717) is 25.8 Å². The van der Waals surface area contributed by atoms with Crippen LogP contribution in [0.4, 0.5) is 0 Å². The van der Waals surface area contributed by atoms with E-state index in [4.69, 9.17) is 9.47 Å². The fraction of sp³-hybridized carbons (Fsp3) is 0.500. The summed E-state index contributed by atoms with van der Waals surface area (Å²) in [6.07, 6.45) is 0.828. The predicted molar refractivity (Wildman–Crippen MR) is 90.1 cm³/mol. The average molecular weight is 325 g/mol. The second-order valence-corrected chi connectivity index (χ2v) is 6.61. The minimum Gasteiger partial charge on any atom is -0.352 e. The first-order valence-electron chi connectivity index (χ1n) is 7.35. The molecule has 0 spiro atoms. The molecule has 0 fully saturated rings. The fourth-order valence-electron chi connectivity index (χ4n) is 2.17. The predicted octanol–water partition coefficient (Wildman–Crippen LogP) is 4.08. The van der Waals surface area contributed by atoms with Crippen LogP contribution in [-0.2, 0) is 15.9 Å². The van der Waals surface area contributed by atoms with E-state index < -0.39 is 0 Å². The summed E-state index contributed by atoms with van der Waals surface area (Å²) in [5.74, 6) is 0. The zero-order valence-corrected chi connectivity index (χ0v) is 14.2. The van der Waals surface area contributed by atoms with Crippen LogP contribution >= 0.6 is 22.7 Å². The largest absolute Gasteiger partial charge is 0.352 e. The van der Waals surface area contributed by atoms with Crippen molar-refractivity contribution in [2.75, 3.05) is 19.8 Å². The van der Waals surface area contributed by atoms with Gasteiger partial charge >= 0.3 is 0 Å². The van der Waals surface area contributed by atoms with E-state index in [1.165, 1.54) is 9.75 Å². The summed E-state index contributed by atoms with van der Waals surface area (Å²) < 4.78 is 11.2. The van der Waals surface area contributed by atoms with E-state index in [0.717, 1.165) is 6.42 Å². The molecule has 0 aromatic carbocycles. The third kappa shape index (κ3) is 5.52. The topological polar surface area (TPSA) is 30.5 Å². The number of hydrogen-bond acceptors (Lipinski definition) is 5. The van der Waals surface area contributed by atoms with Gasteiger partial charge in [-0.25, -0.2) is 0 Å². The highest BCUT2D eigenvalue weighted by Gasteiger charge is 2.16. The SMILES string of the molecule is CCOC(CNC(Cc1cccs1)c1cccs1)OCC. The molecule has 2 aromatic rings. The molecule has 0 bridgehead atoms. The van der Waals surface area contributed by atoms with Gasteiger partial charge in [0.05, 0.1) is 0 Å². The summed E-state index contributed by atoms with van der Waals surface area (Å²) in [6, 6.07) is 8.90. The van der Waals surface area contributed by atoms with Gasteiger partial charge < -0.3 is 14.8 Å². The summed E-state index contributed by atoms with van der Waals surface area (Å²) in [5.41, 5.74) is 0. The van der Waals surface area contributed by atoms with Crippen molar-refractivity contribution in [1.82, 2.24) is 5.32 Å². The minimum atomic E-state index is -0.175. The molecular weight excluding hydrogens is 302 g/mol. The average Bonchev–Trinajstić information content (AvgIpc) is 3.16. The van der Waals surface area contributed by atoms with Crippen LogP contribution in [0.15, 0.2) is 35.0 Å². The summed E-state index contributed by atoms with van der Waals surface area (Å²) in [7, 11) is 0. The van der Waals surface area contributed by atoms with Crippen LogP contribution in [0, 0.1) is 0 Å². The summed E-state index contributed by atoms with van der Waals surface area (Å²) >= 11 is 3.60. The second kappa shape index (κ2) is 9.33. The molecule has 0 amide bonds. The lowest BCUT2D eigenvalue weighted by Crippen LogP contribution is -2.34. The molecule has 1 N–H and O–H groups in total. The zero-order valence-electron chi connectivity index (χ0n) is 12.6. The van der Waals surface area contributed by atoms with Crippen molar-refractivity contribution in [2.45, 2.75) is 32.6 Å². The quantitative estimate of drug-likeness (QED) is 0.668. The van der Waals surface area contributed by atoms with E-state index in [1.807, 2.05) is 13.8 Å². The van der Waals surface area contributed by atoms with Gasteiger partial charge in [-0.2, -0.15) is 0 Å². The Morgan fingerprint density at radius 1 is 1.05 bits per heavy atom. The highest BCUT2D eigenvalue weighted by atomic mass is 32.1. The van der Waals surface area contributed by atoms with Gasteiger partial charge in [-0.3, -0.25) is 0 Å². The lowest BCUT2D eigenvalue weighted by Gasteiger charge is -2.22. The first-order chi connectivity index (χ1) is 10.3. The van der Waals surface area contributed by atoms with Gasteiger partial charge in [-0.15, -0.1) is 22.7 Å². The summed E-state index contributed by atoms with van der Waals surface area (Å²) in [5, 5.41) is 7.85. The molecular formula is C16H23NO2S2. The highest BCUT2D eigenvalue weighted by Crippen LogP contribution is 2.25. The second-order valence-electron chi connectivity index (χ2n) is 4.60. The van der Waals surface area contributed by atoms with Crippen molar-refractivity contribution in [1.29, 1.82) is 0 Å². The molecule has 0 aliphatic rings. The van der Waals surface area contributed by atoms with Crippen LogP contribution in [0.1, 0.15) is 29.6 Å². The van der Waals surface area contributed by atoms with E-state index in [1.54, 1.807) is 22.7 Å². The third-order valence-corrected chi connectivity index (χ3v) is 4.99. The number of hydrogen-bond donors (Lipinski definition) is 1. The summed E-state index contributed by atoms with van der Waals surface area (Å²) in [6.45, 7) is 6.03. The van der Waals surface area contributed by atoms with Crippen molar-refractivity contribution in [2.24, 2.45) is 0 Å². The maximum atomic E-state index is 5.61. The van der Waals surface area contributed by atoms with Crippen molar-refractivity contribution in [3.05, 3.63) is 44.8 Å². The first-order valence-corrected chi connectivity index (χ1v) is 9.11. The van der Waals surface area contributed by atoms with E-state index in [-0.39, 0.29) is 6.29 Å². The van der Waals surface area contributed by atoms with Crippen LogP contribution in [0.25, 0.3) is 0 Å². The Bertz CT molecular complexity index is 464. The molecule has 21 heavy (non-hydrogen) atoms. The maximum Gasteiger partial charge on any atom is 0.169 e. The molecule has 0 radical (unpaired) electrons. The first kappa shape index (κ1) is 16.6. The molecule has 0 aliphatic heterocycles. The molecule has 0 saturated carbocycles. The monoisotopic (exact) mass is 325 g/mol. The van der Waals surface area contributed by atoms with Crippen molar-refractivity contribution >= 4 is 22.7 Å². The lowest BCUT2D eigenvalue weighted by atomic mass is 10.1. The zero-order chi connectivity index (χ0) is 14.9. The fourth-order valence-corrected chi connectivity index (χ4v) is 3.72. The summed E-state index contributed by atoms with van der Waals surface area (Å²) in [4.78, 5) is 2.75. The van der Waals surface area contributed by atoms with Gasteiger partial charge in [0.2, 0.25) is 0 Å². The Balaban J connectivity index is 1.95. The van der Waals surface area contributed by atoms with Crippen LogP contribution in [0.3, 0.4) is 0 Å². The Morgan fingerprint density at radius 3 is 2.33 bits per heavy atom. The standard InChI is InChI=1S/C16H23NO2S2/c1-3-18-16(19-4-2)12-17-14(15-8-6-10-21-15)11-13-7-5-9-20-13/h5-10,14,16-17H,3-4,11-12H2,1-2H3. The van der Waals surface area contributed by atoms with E-state index >= 15 is 0 Å². The molecule has 116 valence electrons. The number of ether oxygens (including phenoxy) is 2. The highest BCUT2D eigenvalue weighted by molar-refractivity contribution is 7.10. The van der Waals surface area contributed by atoms with E-state index in [2.05, 4.69) is 40.3 Å². The molecule has 1 atom stereocenters. The van der Waals surface area contributed by atoms with Gasteiger partial charge in [0, 0.05) is 42.0 Å². The number of thiophene rings is 2. The normalized spacial score (nSPS) is 12.9. The van der Waals surface area contributed by atoms with Crippen molar-refractivity contribution in [3.63, 3.8) is 0 Å².